The van der Waals surface area contributed by atoms with E-state index in [1.54, 1.807) is 0 Å². The summed E-state index contributed by atoms with van der Waals surface area (Å²) in [4.78, 5) is 2.40. The fourth-order valence-electron chi connectivity index (χ4n) is 3.55. The third-order valence-corrected chi connectivity index (χ3v) is 5.64. The second-order valence-electron chi connectivity index (χ2n) is 6.35. The van der Waals surface area contributed by atoms with Gasteiger partial charge in [-0.3, -0.25) is 0 Å². The van der Waals surface area contributed by atoms with Crippen LogP contribution in [0.25, 0.3) is 0 Å². The molecular formula is C17H27IN2. The lowest BCUT2D eigenvalue weighted by Gasteiger charge is -2.44. The van der Waals surface area contributed by atoms with Crippen LogP contribution in [-0.4, -0.2) is 30.6 Å². The molecule has 1 fully saturated rings. The average molecular weight is 386 g/mol. The van der Waals surface area contributed by atoms with E-state index in [-0.39, 0.29) is 11.6 Å². The van der Waals surface area contributed by atoms with Gasteiger partial charge in [-0.1, -0.05) is 37.8 Å². The average Bonchev–Trinajstić information content (AvgIpc) is 2.68. The summed E-state index contributed by atoms with van der Waals surface area (Å²) in [5.74, 6) is 0. The molecule has 1 aromatic carbocycles. The Balaban J connectivity index is 2.13. The fourth-order valence-corrected chi connectivity index (χ4v) is 3.91. The predicted molar refractivity (Wildman–Crippen MR) is 95.0 cm³/mol. The van der Waals surface area contributed by atoms with Gasteiger partial charge >= 0.3 is 0 Å². The molecule has 1 atom stereocenters. The third-order valence-electron chi connectivity index (χ3n) is 4.92. The smallest absolute Gasteiger partial charge is 0.0357 e. The molecule has 0 spiro atoms. The Hall–Kier alpha value is -0.130. The van der Waals surface area contributed by atoms with Crippen LogP contribution in [0.15, 0.2) is 24.3 Å². The highest BCUT2D eigenvalue weighted by Gasteiger charge is 2.38. The first-order valence-corrected chi connectivity index (χ1v) is 8.80. The largest absolute Gasteiger partial charge is 0.326 e. The Morgan fingerprint density at radius 1 is 1.10 bits per heavy atom. The minimum atomic E-state index is 0.180. The lowest BCUT2D eigenvalue weighted by atomic mass is 9.79. The van der Waals surface area contributed by atoms with Gasteiger partial charge in [-0.25, -0.2) is 0 Å². The molecule has 1 aromatic rings. The number of nitrogens with zero attached hydrogens (tertiary/aromatic N) is 1. The van der Waals surface area contributed by atoms with Crippen molar-refractivity contribution in [3.05, 3.63) is 33.4 Å². The van der Waals surface area contributed by atoms with Crippen LogP contribution >= 0.6 is 22.6 Å². The van der Waals surface area contributed by atoms with Crippen LogP contribution in [0.3, 0.4) is 0 Å². The maximum atomic E-state index is 6.68. The summed E-state index contributed by atoms with van der Waals surface area (Å²) in [7, 11) is 4.41. The summed E-state index contributed by atoms with van der Waals surface area (Å²) in [5.41, 5.74) is 8.22. The van der Waals surface area contributed by atoms with Crippen LogP contribution in [-0.2, 0) is 6.42 Å². The van der Waals surface area contributed by atoms with Gasteiger partial charge in [-0.2, -0.15) is 0 Å². The molecule has 2 rings (SSSR count). The third kappa shape index (κ3) is 3.74. The molecule has 0 saturated heterocycles. The Morgan fingerprint density at radius 3 is 2.15 bits per heavy atom. The van der Waals surface area contributed by atoms with Crippen molar-refractivity contribution in [3.63, 3.8) is 0 Å². The Kier molecular flexibility index (Phi) is 5.87. The molecule has 2 nitrogen and oxygen atoms in total. The summed E-state index contributed by atoms with van der Waals surface area (Å²) in [5, 5.41) is 0. The van der Waals surface area contributed by atoms with Crippen molar-refractivity contribution in [2.75, 3.05) is 14.1 Å². The number of nitrogens with two attached hydrogens (primary N) is 1. The Labute approximate surface area is 137 Å². The van der Waals surface area contributed by atoms with Crippen LogP contribution in [0.4, 0.5) is 0 Å². The van der Waals surface area contributed by atoms with Crippen molar-refractivity contribution in [1.82, 2.24) is 4.90 Å². The molecule has 0 bridgehead atoms. The Morgan fingerprint density at radius 2 is 1.65 bits per heavy atom. The van der Waals surface area contributed by atoms with Crippen molar-refractivity contribution in [1.29, 1.82) is 0 Å². The number of benzene rings is 1. The topological polar surface area (TPSA) is 29.3 Å². The van der Waals surface area contributed by atoms with Gasteiger partial charge in [-0.05, 0) is 73.6 Å². The van der Waals surface area contributed by atoms with E-state index in [0.29, 0.717) is 0 Å². The molecule has 3 heteroatoms. The van der Waals surface area contributed by atoms with Gasteiger partial charge in [-0.15, -0.1) is 0 Å². The molecule has 0 aromatic heterocycles. The molecule has 1 unspecified atom stereocenters. The van der Waals surface area contributed by atoms with Crippen LogP contribution in [0.5, 0.6) is 0 Å². The SMILES string of the molecule is CN(C)C1(C(N)Cc2ccc(I)cc2)CCCCCC1. The first kappa shape index (κ1) is 16.2. The first-order chi connectivity index (χ1) is 9.54. The zero-order valence-corrected chi connectivity index (χ0v) is 14.9. The molecule has 20 heavy (non-hydrogen) atoms. The highest BCUT2D eigenvalue weighted by molar-refractivity contribution is 14.1. The first-order valence-electron chi connectivity index (χ1n) is 7.72. The second kappa shape index (κ2) is 7.23. The number of hydrogen-bond acceptors (Lipinski definition) is 2. The number of rotatable bonds is 4. The molecule has 0 heterocycles. The van der Waals surface area contributed by atoms with Crippen molar-refractivity contribution in [2.45, 2.75) is 56.5 Å². The Bertz CT molecular complexity index is 406. The van der Waals surface area contributed by atoms with Crippen molar-refractivity contribution in [3.8, 4) is 0 Å². The standard InChI is InChI=1S/C17H27IN2/c1-20(2)17(11-5-3-4-6-12-17)16(19)13-14-7-9-15(18)10-8-14/h7-10,16H,3-6,11-13,19H2,1-2H3. The molecule has 2 N–H and O–H groups in total. The van der Waals surface area contributed by atoms with Gasteiger partial charge in [0.05, 0.1) is 0 Å². The summed E-state index contributed by atoms with van der Waals surface area (Å²) in [6.07, 6.45) is 8.83. The van der Waals surface area contributed by atoms with Gasteiger partial charge in [0.15, 0.2) is 0 Å². The number of likely N-dealkylation sites (N-methyl/N-ethyl adjacent to an activating group) is 1. The molecular weight excluding hydrogens is 359 g/mol. The highest BCUT2D eigenvalue weighted by Crippen LogP contribution is 2.34. The highest BCUT2D eigenvalue weighted by atomic mass is 127. The molecule has 0 radical (unpaired) electrons. The summed E-state index contributed by atoms with van der Waals surface area (Å²) in [6, 6.07) is 9.02. The lowest BCUT2D eigenvalue weighted by Crippen LogP contribution is -2.58. The summed E-state index contributed by atoms with van der Waals surface area (Å²) >= 11 is 2.35. The van der Waals surface area contributed by atoms with Crippen molar-refractivity contribution >= 4 is 22.6 Å². The minimum Gasteiger partial charge on any atom is -0.326 e. The predicted octanol–water partition coefficient (Wildman–Crippen LogP) is 3.82. The van der Waals surface area contributed by atoms with E-state index < -0.39 is 0 Å². The van der Waals surface area contributed by atoms with Gasteiger partial charge in [0.1, 0.15) is 0 Å². The van der Waals surface area contributed by atoms with Crippen LogP contribution in [0.1, 0.15) is 44.1 Å². The monoisotopic (exact) mass is 386 g/mol. The lowest BCUT2D eigenvalue weighted by molar-refractivity contribution is 0.0968. The number of hydrogen-bond donors (Lipinski definition) is 1. The maximum absolute atomic E-state index is 6.68. The van der Waals surface area contributed by atoms with Crippen molar-refractivity contribution in [2.24, 2.45) is 5.73 Å². The molecule has 0 aliphatic heterocycles. The van der Waals surface area contributed by atoms with E-state index in [2.05, 4.69) is 65.9 Å². The molecule has 1 aliphatic rings. The van der Waals surface area contributed by atoms with Gasteiger partial charge in [0.25, 0.3) is 0 Å². The summed E-state index contributed by atoms with van der Waals surface area (Å²) in [6.45, 7) is 0. The van der Waals surface area contributed by atoms with Gasteiger partial charge in [0, 0.05) is 15.2 Å². The van der Waals surface area contributed by atoms with Crippen LogP contribution in [0.2, 0.25) is 0 Å². The second-order valence-corrected chi connectivity index (χ2v) is 7.59. The fraction of sp³-hybridized carbons (Fsp3) is 0.647. The van der Waals surface area contributed by atoms with E-state index in [1.165, 1.54) is 47.7 Å². The van der Waals surface area contributed by atoms with Crippen molar-refractivity contribution < 1.29 is 0 Å². The van der Waals surface area contributed by atoms with E-state index in [9.17, 15) is 0 Å². The zero-order chi connectivity index (χ0) is 14.6. The summed E-state index contributed by atoms with van der Waals surface area (Å²) < 4.78 is 1.29. The van der Waals surface area contributed by atoms with E-state index in [1.807, 2.05) is 0 Å². The van der Waals surface area contributed by atoms with E-state index in [0.717, 1.165) is 6.42 Å². The maximum Gasteiger partial charge on any atom is 0.0357 e. The van der Waals surface area contributed by atoms with E-state index in [4.69, 9.17) is 5.73 Å². The van der Waals surface area contributed by atoms with Crippen LogP contribution in [0, 0.1) is 3.57 Å². The quantitative estimate of drug-likeness (QED) is 0.630. The number of halogens is 1. The molecule has 1 aliphatic carbocycles. The molecule has 1 saturated carbocycles. The van der Waals surface area contributed by atoms with E-state index >= 15 is 0 Å². The van der Waals surface area contributed by atoms with Gasteiger partial charge in [0.2, 0.25) is 0 Å². The zero-order valence-electron chi connectivity index (χ0n) is 12.7. The minimum absolute atomic E-state index is 0.180. The molecule has 0 amide bonds. The van der Waals surface area contributed by atoms with Gasteiger partial charge < -0.3 is 10.6 Å². The molecule has 112 valence electrons. The van der Waals surface area contributed by atoms with Crippen LogP contribution < -0.4 is 5.73 Å². The normalized spacial score (nSPS) is 20.6.